The topological polar surface area (TPSA) is 26.7 Å². The van der Waals surface area contributed by atoms with Crippen molar-refractivity contribution < 1.29 is 13.9 Å². The molecule has 2 aliphatic heterocycles. The molecule has 0 saturated carbocycles. The predicted octanol–water partition coefficient (Wildman–Crippen LogP) is 2.75. The van der Waals surface area contributed by atoms with Crippen LogP contribution in [0.2, 0.25) is 5.02 Å². The molecule has 2 aliphatic rings. The number of rotatable bonds is 5. The van der Waals surface area contributed by atoms with E-state index in [1.807, 2.05) is 0 Å². The monoisotopic (exact) mass is 344 g/mol. The fourth-order valence-corrected chi connectivity index (χ4v) is 4.03. The Bertz CT molecular complexity index is 552. The summed E-state index contributed by atoms with van der Waals surface area (Å²) < 4.78 is 27.5. The first-order valence-corrected chi connectivity index (χ1v) is 8.64. The molecule has 2 atom stereocenters. The minimum atomic E-state index is -0.588. The molecule has 0 unspecified atom stereocenters. The Balaban J connectivity index is 1.66. The highest BCUT2D eigenvalue weighted by molar-refractivity contribution is 6.31. The van der Waals surface area contributed by atoms with E-state index in [4.69, 9.17) is 11.6 Å². The van der Waals surface area contributed by atoms with E-state index in [0.717, 1.165) is 38.3 Å². The number of likely N-dealkylation sites (tertiary alicyclic amines) is 2. The van der Waals surface area contributed by atoms with Gasteiger partial charge in [0.2, 0.25) is 0 Å². The molecule has 0 aromatic heterocycles. The Morgan fingerprint density at radius 2 is 1.70 bits per heavy atom. The molecule has 1 N–H and O–H groups in total. The Kier molecular flexibility index (Phi) is 5.52. The lowest BCUT2D eigenvalue weighted by atomic mass is 9.96. The molecule has 2 heterocycles. The van der Waals surface area contributed by atoms with Crippen molar-refractivity contribution in [1.29, 1.82) is 0 Å². The van der Waals surface area contributed by atoms with Gasteiger partial charge in [0, 0.05) is 38.3 Å². The zero-order chi connectivity index (χ0) is 16.4. The number of hydrogen-bond acceptors (Lipinski definition) is 3. The predicted molar refractivity (Wildman–Crippen MR) is 86.4 cm³/mol. The molecule has 2 fully saturated rings. The average molecular weight is 345 g/mol. The molecule has 128 valence electrons. The van der Waals surface area contributed by atoms with Gasteiger partial charge in [-0.05, 0) is 49.9 Å². The summed E-state index contributed by atoms with van der Waals surface area (Å²) in [6.45, 7) is 5.12. The van der Waals surface area contributed by atoms with Crippen molar-refractivity contribution in [3.63, 3.8) is 0 Å². The van der Waals surface area contributed by atoms with E-state index >= 15 is 0 Å². The molecular weight excluding hydrogens is 322 g/mol. The van der Waals surface area contributed by atoms with Crippen molar-refractivity contribution in [2.45, 2.75) is 19.4 Å². The van der Waals surface area contributed by atoms with Gasteiger partial charge in [0.15, 0.2) is 0 Å². The minimum Gasteiger partial charge on any atom is -0.396 e. The molecule has 23 heavy (non-hydrogen) atoms. The normalized spacial score (nSPS) is 26.3. The molecule has 3 rings (SSSR count). The molecule has 1 aromatic rings. The zero-order valence-corrected chi connectivity index (χ0v) is 13.9. The molecule has 0 bridgehead atoms. The van der Waals surface area contributed by atoms with E-state index in [1.165, 1.54) is 12.8 Å². The first kappa shape index (κ1) is 17.1. The van der Waals surface area contributed by atoms with E-state index in [9.17, 15) is 13.9 Å². The van der Waals surface area contributed by atoms with Gasteiger partial charge in [0.25, 0.3) is 0 Å². The highest BCUT2D eigenvalue weighted by Crippen LogP contribution is 2.30. The lowest BCUT2D eigenvalue weighted by Gasteiger charge is -2.23. The third-order valence-corrected chi connectivity index (χ3v) is 5.51. The van der Waals surface area contributed by atoms with Gasteiger partial charge in [0.05, 0.1) is 5.02 Å². The second-order valence-electron chi connectivity index (χ2n) is 6.73. The second-order valence-corrected chi connectivity index (χ2v) is 7.10. The Labute approximate surface area is 140 Å². The summed E-state index contributed by atoms with van der Waals surface area (Å²) in [5.74, 6) is -0.506. The van der Waals surface area contributed by atoms with Gasteiger partial charge < -0.3 is 10.0 Å². The fourth-order valence-electron chi connectivity index (χ4n) is 3.81. The SMILES string of the molecule is OC[C@@H]1CN(Cc2c(F)ccc(F)c2Cl)C[C@@H]1CN1CCCC1. The second kappa shape index (κ2) is 7.43. The Morgan fingerprint density at radius 1 is 1.04 bits per heavy atom. The van der Waals surface area contributed by atoms with Crippen molar-refractivity contribution in [2.24, 2.45) is 11.8 Å². The summed E-state index contributed by atoms with van der Waals surface area (Å²) in [6.07, 6.45) is 2.48. The third-order valence-electron chi connectivity index (χ3n) is 5.10. The van der Waals surface area contributed by atoms with Crippen LogP contribution >= 0.6 is 11.6 Å². The van der Waals surface area contributed by atoms with E-state index in [-0.39, 0.29) is 29.7 Å². The third kappa shape index (κ3) is 3.85. The van der Waals surface area contributed by atoms with E-state index in [0.29, 0.717) is 12.5 Å². The summed E-state index contributed by atoms with van der Waals surface area (Å²) in [5, 5.41) is 9.51. The number of nitrogens with zero attached hydrogens (tertiary/aromatic N) is 2. The maximum Gasteiger partial charge on any atom is 0.142 e. The van der Waals surface area contributed by atoms with Crippen LogP contribution in [0, 0.1) is 23.5 Å². The van der Waals surface area contributed by atoms with Crippen LogP contribution in [0.3, 0.4) is 0 Å². The number of hydrogen-bond donors (Lipinski definition) is 1. The van der Waals surface area contributed by atoms with Crippen LogP contribution in [-0.4, -0.2) is 54.2 Å². The van der Waals surface area contributed by atoms with Gasteiger partial charge in [0.1, 0.15) is 11.6 Å². The molecule has 0 aliphatic carbocycles. The summed E-state index contributed by atoms with van der Waals surface area (Å²) in [7, 11) is 0. The molecular formula is C17H23ClF2N2O. The molecule has 0 amide bonds. The van der Waals surface area contributed by atoms with Crippen molar-refractivity contribution in [3.05, 3.63) is 34.4 Å². The quantitative estimate of drug-likeness (QED) is 0.832. The fraction of sp³-hybridized carbons (Fsp3) is 0.647. The number of aliphatic hydroxyl groups is 1. The first-order chi connectivity index (χ1) is 11.1. The standard InChI is InChI=1S/C17H23ClF2N2O/c18-17-14(15(19)3-4-16(17)20)10-22-8-12(13(9-22)11-23)7-21-5-1-2-6-21/h3-4,12-13,23H,1-2,5-11H2/t12-,13-/m0/s1. The lowest BCUT2D eigenvalue weighted by molar-refractivity contribution is 0.175. The molecule has 3 nitrogen and oxygen atoms in total. The number of halogens is 3. The van der Waals surface area contributed by atoms with Crippen LogP contribution in [0.4, 0.5) is 8.78 Å². The number of aliphatic hydroxyl groups excluding tert-OH is 1. The highest BCUT2D eigenvalue weighted by atomic mass is 35.5. The van der Waals surface area contributed by atoms with Crippen LogP contribution in [0.1, 0.15) is 18.4 Å². The molecule has 0 radical (unpaired) electrons. The zero-order valence-electron chi connectivity index (χ0n) is 13.1. The number of benzene rings is 1. The van der Waals surface area contributed by atoms with E-state index < -0.39 is 11.6 Å². The summed E-state index contributed by atoms with van der Waals surface area (Å²) in [6, 6.07) is 2.18. The maximum absolute atomic E-state index is 14.0. The summed E-state index contributed by atoms with van der Waals surface area (Å²) in [4.78, 5) is 4.51. The van der Waals surface area contributed by atoms with Crippen LogP contribution in [-0.2, 0) is 6.54 Å². The lowest BCUT2D eigenvalue weighted by Crippen LogP contribution is -2.31. The Morgan fingerprint density at radius 3 is 2.39 bits per heavy atom. The van der Waals surface area contributed by atoms with Crippen molar-refractivity contribution >= 4 is 11.6 Å². The van der Waals surface area contributed by atoms with Gasteiger partial charge in [-0.15, -0.1) is 0 Å². The van der Waals surface area contributed by atoms with E-state index in [1.54, 1.807) is 0 Å². The van der Waals surface area contributed by atoms with Crippen molar-refractivity contribution in [1.82, 2.24) is 9.80 Å². The van der Waals surface area contributed by atoms with Gasteiger partial charge in [-0.1, -0.05) is 11.6 Å². The average Bonchev–Trinajstić information content (AvgIpc) is 3.18. The Hall–Kier alpha value is -0.750. The molecule has 2 saturated heterocycles. The van der Waals surface area contributed by atoms with Crippen molar-refractivity contribution in [3.8, 4) is 0 Å². The first-order valence-electron chi connectivity index (χ1n) is 8.26. The highest BCUT2D eigenvalue weighted by Gasteiger charge is 2.34. The summed E-state index contributed by atoms with van der Waals surface area (Å²) in [5.41, 5.74) is 0.213. The molecule has 1 aromatic carbocycles. The van der Waals surface area contributed by atoms with Gasteiger partial charge in [-0.3, -0.25) is 4.90 Å². The smallest absolute Gasteiger partial charge is 0.142 e. The van der Waals surface area contributed by atoms with Gasteiger partial charge in [-0.2, -0.15) is 0 Å². The van der Waals surface area contributed by atoms with Gasteiger partial charge >= 0.3 is 0 Å². The van der Waals surface area contributed by atoms with Crippen LogP contribution in [0.15, 0.2) is 12.1 Å². The summed E-state index contributed by atoms with van der Waals surface area (Å²) >= 11 is 5.92. The van der Waals surface area contributed by atoms with Crippen LogP contribution in [0.25, 0.3) is 0 Å². The van der Waals surface area contributed by atoms with Crippen molar-refractivity contribution in [2.75, 3.05) is 39.3 Å². The maximum atomic E-state index is 14.0. The minimum absolute atomic E-state index is 0.131. The largest absolute Gasteiger partial charge is 0.396 e. The molecule has 0 spiro atoms. The van der Waals surface area contributed by atoms with Crippen LogP contribution < -0.4 is 0 Å². The molecule has 6 heteroatoms. The van der Waals surface area contributed by atoms with Crippen LogP contribution in [0.5, 0.6) is 0 Å². The van der Waals surface area contributed by atoms with Gasteiger partial charge in [-0.25, -0.2) is 8.78 Å². The van der Waals surface area contributed by atoms with E-state index in [2.05, 4.69) is 9.80 Å².